The molecule has 5 rings (SSSR count). The van der Waals surface area contributed by atoms with Gasteiger partial charge in [-0.1, -0.05) is 19.1 Å². The summed E-state index contributed by atoms with van der Waals surface area (Å²) in [4.78, 5) is 0. The van der Waals surface area contributed by atoms with Crippen molar-refractivity contribution < 1.29 is 9.47 Å². The summed E-state index contributed by atoms with van der Waals surface area (Å²) >= 11 is 0. The molecule has 4 saturated carbocycles. The predicted octanol–water partition coefficient (Wildman–Crippen LogP) is 5.84. The standard InChI is InChI=1S/C23H34O2/c1-4-16-5-7-21(8-6-16)25-23(24-15(2)3)14-22-19-10-17-9-18(12-19)13-20(22)11-17/h5-8,15,17-20,22-23H,4,9-14H2,1-3H3. The Morgan fingerprint density at radius 3 is 2.04 bits per heavy atom. The molecular weight excluding hydrogens is 308 g/mol. The van der Waals surface area contributed by atoms with Crippen molar-refractivity contribution in [1.82, 2.24) is 0 Å². The molecular formula is C23H34O2. The van der Waals surface area contributed by atoms with E-state index in [1.165, 1.54) is 37.7 Å². The SMILES string of the molecule is CCc1ccc(OC(CC2C3CC4CC(C3)CC2C4)OC(C)C)cc1. The molecule has 0 amide bonds. The van der Waals surface area contributed by atoms with Gasteiger partial charge in [-0.25, -0.2) is 0 Å². The van der Waals surface area contributed by atoms with Crippen LogP contribution >= 0.6 is 0 Å². The van der Waals surface area contributed by atoms with Crippen LogP contribution < -0.4 is 4.74 Å². The zero-order valence-electron chi connectivity index (χ0n) is 16.1. The lowest BCUT2D eigenvalue weighted by Crippen LogP contribution is -2.46. The van der Waals surface area contributed by atoms with Crippen molar-refractivity contribution in [2.75, 3.05) is 0 Å². The largest absolute Gasteiger partial charge is 0.465 e. The number of hydrogen-bond acceptors (Lipinski definition) is 2. The Labute approximate surface area is 153 Å². The van der Waals surface area contributed by atoms with Crippen molar-refractivity contribution in [1.29, 1.82) is 0 Å². The normalized spacial score (nSPS) is 34.5. The lowest BCUT2D eigenvalue weighted by Gasteiger charge is -2.55. The summed E-state index contributed by atoms with van der Waals surface area (Å²) < 4.78 is 12.5. The number of rotatable bonds is 7. The first kappa shape index (κ1) is 17.4. The lowest BCUT2D eigenvalue weighted by molar-refractivity contribution is -0.143. The molecule has 4 aliphatic carbocycles. The average Bonchev–Trinajstić information content (AvgIpc) is 2.57. The minimum absolute atomic E-state index is 0.102. The van der Waals surface area contributed by atoms with Crippen LogP contribution in [-0.4, -0.2) is 12.4 Å². The van der Waals surface area contributed by atoms with E-state index in [1.54, 1.807) is 0 Å². The van der Waals surface area contributed by atoms with Crippen LogP contribution in [0.3, 0.4) is 0 Å². The Morgan fingerprint density at radius 1 is 0.920 bits per heavy atom. The Morgan fingerprint density at radius 2 is 1.52 bits per heavy atom. The summed E-state index contributed by atoms with van der Waals surface area (Å²) in [7, 11) is 0. The molecule has 138 valence electrons. The zero-order chi connectivity index (χ0) is 17.4. The molecule has 0 N–H and O–H groups in total. The fourth-order valence-electron chi connectivity index (χ4n) is 6.04. The maximum absolute atomic E-state index is 6.31. The van der Waals surface area contributed by atoms with Crippen molar-refractivity contribution in [3.8, 4) is 5.75 Å². The minimum Gasteiger partial charge on any atom is -0.465 e. The second kappa shape index (κ2) is 7.31. The van der Waals surface area contributed by atoms with Crippen molar-refractivity contribution >= 4 is 0 Å². The molecule has 2 nitrogen and oxygen atoms in total. The summed E-state index contributed by atoms with van der Waals surface area (Å²) in [6, 6.07) is 8.55. The predicted molar refractivity (Wildman–Crippen MR) is 102 cm³/mol. The molecule has 4 bridgehead atoms. The molecule has 0 spiro atoms. The fourth-order valence-corrected chi connectivity index (χ4v) is 6.04. The number of ether oxygens (including phenoxy) is 2. The third-order valence-corrected chi connectivity index (χ3v) is 6.91. The van der Waals surface area contributed by atoms with Crippen LogP contribution in [0.1, 0.15) is 64.9 Å². The maximum atomic E-state index is 6.31. The molecule has 1 aromatic carbocycles. The van der Waals surface area contributed by atoms with Gasteiger partial charge in [-0.3, -0.25) is 0 Å². The van der Waals surface area contributed by atoms with Gasteiger partial charge in [0.05, 0.1) is 6.10 Å². The van der Waals surface area contributed by atoms with Crippen LogP contribution in [0.5, 0.6) is 5.75 Å². The van der Waals surface area contributed by atoms with Gasteiger partial charge in [0.2, 0.25) is 0 Å². The Hall–Kier alpha value is -1.02. The number of aryl methyl sites for hydroxylation is 1. The van der Waals surface area contributed by atoms with Crippen LogP contribution in [0.25, 0.3) is 0 Å². The van der Waals surface area contributed by atoms with Crippen molar-refractivity contribution in [2.45, 2.75) is 78.1 Å². The van der Waals surface area contributed by atoms with Crippen LogP contribution in [0.2, 0.25) is 0 Å². The summed E-state index contributed by atoms with van der Waals surface area (Å²) in [5.41, 5.74) is 1.36. The number of hydrogen-bond donors (Lipinski definition) is 0. The molecule has 2 heteroatoms. The highest BCUT2D eigenvalue weighted by atomic mass is 16.7. The van der Waals surface area contributed by atoms with Crippen molar-refractivity contribution in [2.24, 2.45) is 29.6 Å². The highest BCUT2D eigenvalue weighted by Gasteiger charge is 2.48. The highest BCUT2D eigenvalue weighted by Crippen LogP contribution is 2.57. The second-order valence-electron chi connectivity index (χ2n) is 9.06. The van der Waals surface area contributed by atoms with E-state index in [1.807, 2.05) is 0 Å². The Kier molecular flexibility index (Phi) is 5.08. The third kappa shape index (κ3) is 3.89. The van der Waals surface area contributed by atoms with Gasteiger partial charge < -0.3 is 9.47 Å². The van der Waals surface area contributed by atoms with E-state index in [2.05, 4.69) is 45.0 Å². The molecule has 1 aromatic rings. The van der Waals surface area contributed by atoms with Crippen LogP contribution in [0, 0.1) is 29.6 Å². The van der Waals surface area contributed by atoms with E-state index >= 15 is 0 Å². The van der Waals surface area contributed by atoms with Gasteiger partial charge in [0, 0.05) is 6.42 Å². The smallest absolute Gasteiger partial charge is 0.200 e. The van der Waals surface area contributed by atoms with Crippen molar-refractivity contribution in [3.05, 3.63) is 29.8 Å². The molecule has 0 aliphatic heterocycles. The van der Waals surface area contributed by atoms with Gasteiger partial charge in [-0.05, 0) is 99.7 Å². The molecule has 0 aromatic heterocycles. The molecule has 4 aliphatic rings. The topological polar surface area (TPSA) is 18.5 Å². The molecule has 25 heavy (non-hydrogen) atoms. The van der Waals surface area contributed by atoms with Gasteiger partial charge >= 0.3 is 0 Å². The van der Waals surface area contributed by atoms with E-state index in [-0.39, 0.29) is 12.4 Å². The molecule has 1 atom stereocenters. The summed E-state index contributed by atoms with van der Waals surface area (Å²) in [5.74, 6) is 5.69. The van der Waals surface area contributed by atoms with E-state index in [0.29, 0.717) is 0 Å². The van der Waals surface area contributed by atoms with Gasteiger partial charge in [0.25, 0.3) is 0 Å². The summed E-state index contributed by atoms with van der Waals surface area (Å²) in [6.45, 7) is 6.42. The monoisotopic (exact) mass is 342 g/mol. The Balaban J connectivity index is 1.43. The third-order valence-electron chi connectivity index (χ3n) is 6.91. The first-order valence-electron chi connectivity index (χ1n) is 10.5. The molecule has 1 unspecified atom stereocenters. The van der Waals surface area contributed by atoms with E-state index in [0.717, 1.165) is 48.2 Å². The van der Waals surface area contributed by atoms with Crippen LogP contribution in [0.4, 0.5) is 0 Å². The van der Waals surface area contributed by atoms with E-state index < -0.39 is 0 Å². The summed E-state index contributed by atoms with van der Waals surface area (Å²) in [6.07, 6.45) is 9.64. The van der Waals surface area contributed by atoms with Gasteiger partial charge in [-0.2, -0.15) is 0 Å². The second-order valence-corrected chi connectivity index (χ2v) is 9.06. The molecule has 4 fully saturated rings. The minimum atomic E-state index is -0.102. The van der Waals surface area contributed by atoms with Crippen molar-refractivity contribution in [3.63, 3.8) is 0 Å². The fraction of sp³-hybridized carbons (Fsp3) is 0.739. The Bertz CT molecular complexity index is 534. The first-order chi connectivity index (χ1) is 12.1. The zero-order valence-corrected chi connectivity index (χ0v) is 16.1. The van der Waals surface area contributed by atoms with Gasteiger partial charge in [-0.15, -0.1) is 0 Å². The summed E-state index contributed by atoms with van der Waals surface area (Å²) in [5, 5.41) is 0. The van der Waals surface area contributed by atoms with Crippen LogP contribution in [0.15, 0.2) is 24.3 Å². The highest BCUT2D eigenvalue weighted by molar-refractivity contribution is 5.27. The van der Waals surface area contributed by atoms with Gasteiger partial charge in [0.15, 0.2) is 6.29 Å². The molecule has 0 heterocycles. The average molecular weight is 343 g/mol. The first-order valence-corrected chi connectivity index (χ1v) is 10.5. The quantitative estimate of drug-likeness (QED) is 0.579. The molecule has 0 radical (unpaired) electrons. The molecule has 0 saturated heterocycles. The van der Waals surface area contributed by atoms with Crippen LogP contribution in [-0.2, 0) is 11.2 Å². The van der Waals surface area contributed by atoms with E-state index in [4.69, 9.17) is 9.47 Å². The number of benzene rings is 1. The maximum Gasteiger partial charge on any atom is 0.200 e. The van der Waals surface area contributed by atoms with E-state index in [9.17, 15) is 0 Å². The van der Waals surface area contributed by atoms with Gasteiger partial charge in [0.1, 0.15) is 5.75 Å². The lowest BCUT2D eigenvalue weighted by atomic mass is 9.51.